The fourth-order valence-electron chi connectivity index (χ4n) is 0.422. The number of hydrogen-bond acceptors (Lipinski definition) is 2. The Balaban J connectivity index is 4.03. The predicted octanol–water partition coefficient (Wildman–Crippen LogP) is 2.24. The van der Waals surface area contributed by atoms with Crippen LogP contribution in [0.4, 0.5) is 4.39 Å². The van der Waals surface area contributed by atoms with Gasteiger partial charge in [0.15, 0.2) is 4.83 Å². The third-order valence-corrected chi connectivity index (χ3v) is 2.65. The molecule has 0 bridgehead atoms. The lowest BCUT2D eigenvalue weighted by Crippen LogP contribution is -2.32. The molecule has 0 radical (unpaired) electrons. The first-order valence-corrected chi connectivity index (χ1v) is 4.37. The lowest BCUT2D eigenvalue weighted by molar-refractivity contribution is -0.143. The minimum atomic E-state index is -2.10. The number of esters is 1. The Labute approximate surface area is 78.2 Å². The highest BCUT2D eigenvalue weighted by Crippen LogP contribution is 2.27. The number of rotatable bonds is 3. The van der Waals surface area contributed by atoms with E-state index in [0.717, 1.165) is 6.92 Å². The van der Waals surface area contributed by atoms with Crippen molar-refractivity contribution in [2.45, 2.75) is 23.8 Å². The van der Waals surface area contributed by atoms with E-state index in [2.05, 4.69) is 20.7 Å². The van der Waals surface area contributed by atoms with Gasteiger partial charge in [-0.2, -0.15) is 0 Å². The Morgan fingerprint density at radius 1 is 1.91 bits per heavy atom. The van der Waals surface area contributed by atoms with Crippen molar-refractivity contribution < 1.29 is 13.9 Å². The van der Waals surface area contributed by atoms with Crippen LogP contribution in [0.1, 0.15) is 13.8 Å². The van der Waals surface area contributed by atoms with Gasteiger partial charge in [0.05, 0.1) is 6.61 Å². The van der Waals surface area contributed by atoms with Gasteiger partial charge in [-0.1, -0.05) is 27.5 Å². The number of carbonyl (C=O) groups excluding carboxylic acids is 1. The summed E-state index contributed by atoms with van der Waals surface area (Å²) in [4.78, 5) is 9.68. The highest BCUT2D eigenvalue weighted by Gasteiger charge is 2.36. The summed E-state index contributed by atoms with van der Waals surface area (Å²) in [6.45, 7) is 2.94. The summed E-state index contributed by atoms with van der Waals surface area (Å²) in [5.41, 5.74) is 0. The third kappa shape index (κ3) is 3.91. The van der Waals surface area contributed by atoms with E-state index >= 15 is 0 Å². The van der Waals surface area contributed by atoms with Crippen molar-refractivity contribution in [3.8, 4) is 0 Å². The average Bonchev–Trinajstić information content (AvgIpc) is 1.85. The zero-order valence-corrected chi connectivity index (χ0v) is 8.58. The summed E-state index contributed by atoms with van der Waals surface area (Å²) in [7, 11) is 0. The highest BCUT2D eigenvalue weighted by molar-refractivity contribution is 9.10. The number of halogens is 3. The van der Waals surface area contributed by atoms with E-state index in [1.807, 2.05) is 0 Å². The SMILES string of the molecule is CCOC(=O)[C@@H](Br)[C@](C)(F)Cl. The van der Waals surface area contributed by atoms with Crippen molar-refractivity contribution >= 4 is 33.5 Å². The smallest absolute Gasteiger partial charge is 0.324 e. The quantitative estimate of drug-likeness (QED) is 0.565. The topological polar surface area (TPSA) is 26.3 Å². The molecule has 0 N–H and O–H groups in total. The van der Waals surface area contributed by atoms with E-state index in [9.17, 15) is 9.18 Å². The van der Waals surface area contributed by atoms with Crippen LogP contribution >= 0.6 is 27.5 Å². The summed E-state index contributed by atoms with van der Waals surface area (Å²) < 4.78 is 17.3. The van der Waals surface area contributed by atoms with Crippen molar-refractivity contribution in [3.63, 3.8) is 0 Å². The number of ether oxygens (including phenoxy) is 1. The van der Waals surface area contributed by atoms with Crippen LogP contribution in [-0.2, 0) is 9.53 Å². The molecule has 0 unspecified atom stereocenters. The average molecular weight is 247 g/mol. The Hall–Kier alpha value is 0.170. The third-order valence-electron chi connectivity index (χ3n) is 0.939. The molecule has 0 aliphatic rings. The molecule has 0 aromatic rings. The zero-order chi connectivity index (χ0) is 9.07. The van der Waals surface area contributed by atoms with E-state index in [1.165, 1.54) is 0 Å². The summed E-state index contributed by atoms with van der Waals surface area (Å²) in [5.74, 6) is -0.687. The molecule has 0 fully saturated rings. The van der Waals surface area contributed by atoms with Gasteiger partial charge in [-0.3, -0.25) is 4.79 Å². The Bertz CT molecular complexity index is 146. The monoisotopic (exact) mass is 246 g/mol. The maximum absolute atomic E-state index is 12.8. The first-order valence-electron chi connectivity index (χ1n) is 3.08. The predicted molar refractivity (Wildman–Crippen MR) is 44.7 cm³/mol. The Morgan fingerprint density at radius 3 is 2.64 bits per heavy atom. The van der Waals surface area contributed by atoms with E-state index in [1.54, 1.807) is 6.92 Å². The molecular formula is C6H9BrClFO2. The van der Waals surface area contributed by atoms with Crippen LogP contribution in [0.15, 0.2) is 0 Å². The van der Waals surface area contributed by atoms with Crippen LogP contribution in [-0.4, -0.2) is 22.5 Å². The Kier molecular flexibility index (Phi) is 4.32. The van der Waals surface area contributed by atoms with E-state index in [-0.39, 0.29) is 6.61 Å². The molecule has 0 heterocycles. The molecule has 11 heavy (non-hydrogen) atoms. The first kappa shape index (κ1) is 11.2. The minimum Gasteiger partial charge on any atom is -0.465 e. The Morgan fingerprint density at radius 2 is 2.36 bits per heavy atom. The van der Waals surface area contributed by atoms with Gasteiger partial charge in [-0.25, -0.2) is 4.39 Å². The molecule has 0 amide bonds. The molecule has 2 atom stereocenters. The molecule has 0 saturated heterocycles. The van der Waals surface area contributed by atoms with Crippen molar-refractivity contribution in [1.29, 1.82) is 0 Å². The first-order chi connectivity index (χ1) is 4.89. The molecule has 0 spiro atoms. The van der Waals surface area contributed by atoms with Gasteiger partial charge >= 0.3 is 5.97 Å². The maximum atomic E-state index is 12.8. The summed E-state index contributed by atoms with van der Waals surface area (Å²) in [6.07, 6.45) is 0. The summed E-state index contributed by atoms with van der Waals surface area (Å²) >= 11 is 7.98. The largest absolute Gasteiger partial charge is 0.465 e. The fourth-order valence-corrected chi connectivity index (χ4v) is 0.644. The van der Waals surface area contributed by atoms with Crippen molar-refractivity contribution in [1.82, 2.24) is 0 Å². The van der Waals surface area contributed by atoms with Gasteiger partial charge in [-0.15, -0.1) is 0 Å². The van der Waals surface area contributed by atoms with Crippen LogP contribution in [0, 0.1) is 0 Å². The lowest BCUT2D eigenvalue weighted by Gasteiger charge is -2.16. The fraction of sp³-hybridized carbons (Fsp3) is 0.833. The van der Waals surface area contributed by atoms with Crippen LogP contribution in [0.25, 0.3) is 0 Å². The maximum Gasteiger partial charge on any atom is 0.324 e. The van der Waals surface area contributed by atoms with Crippen molar-refractivity contribution in [2.75, 3.05) is 6.61 Å². The van der Waals surface area contributed by atoms with Crippen LogP contribution in [0.2, 0.25) is 0 Å². The lowest BCUT2D eigenvalue weighted by atomic mass is 10.3. The van der Waals surface area contributed by atoms with Gasteiger partial charge in [-0.05, 0) is 13.8 Å². The van der Waals surface area contributed by atoms with E-state index in [0.29, 0.717) is 0 Å². The van der Waals surface area contributed by atoms with Gasteiger partial charge in [0.2, 0.25) is 5.13 Å². The minimum absolute atomic E-state index is 0.216. The molecule has 0 saturated carbocycles. The second-order valence-electron chi connectivity index (χ2n) is 2.07. The van der Waals surface area contributed by atoms with Crippen molar-refractivity contribution in [3.05, 3.63) is 0 Å². The normalized spacial score (nSPS) is 18.6. The number of carbonyl (C=O) groups is 1. The molecular weight excluding hydrogens is 238 g/mol. The van der Waals surface area contributed by atoms with Gasteiger partial charge < -0.3 is 4.74 Å². The van der Waals surface area contributed by atoms with E-state index < -0.39 is 15.9 Å². The standard InChI is InChI=1S/C6H9BrClFO2/c1-3-11-5(10)4(7)6(2,8)9/h4H,3H2,1-2H3/t4-,6+/m1/s1. The number of hydrogen-bond donors (Lipinski definition) is 0. The van der Waals surface area contributed by atoms with Gasteiger partial charge in [0, 0.05) is 0 Å². The molecule has 0 aliphatic carbocycles. The van der Waals surface area contributed by atoms with Crippen LogP contribution in [0.3, 0.4) is 0 Å². The van der Waals surface area contributed by atoms with Crippen molar-refractivity contribution in [2.24, 2.45) is 0 Å². The summed E-state index contributed by atoms with van der Waals surface area (Å²) in [6, 6.07) is 0. The second kappa shape index (κ2) is 4.26. The van der Waals surface area contributed by atoms with E-state index in [4.69, 9.17) is 11.6 Å². The highest BCUT2D eigenvalue weighted by atomic mass is 79.9. The zero-order valence-electron chi connectivity index (χ0n) is 6.23. The van der Waals surface area contributed by atoms with Crippen LogP contribution in [0.5, 0.6) is 0 Å². The molecule has 66 valence electrons. The van der Waals surface area contributed by atoms with Gasteiger partial charge in [0.25, 0.3) is 0 Å². The molecule has 2 nitrogen and oxygen atoms in total. The summed E-state index contributed by atoms with van der Waals surface area (Å²) in [5, 5.41) is -2.10. The van der Waals surface area contributed by atoms with Gasteiger partial charge in [0.1, 0.15) is 0 Å². The molecule has 0 aromatic carbocycles. The molecule has 0 aromatic heterocycles. The number of alkyl halides is 3. The second-order valence-corrected chi connectivity index (χ2v) is 3.73. The molecule has 0 rings (SSSR count). The van der Waals surface area contributed by atoms with Crippen LogP contribution < -0.4 is 0 Å². The molecule has 0 aliphatic heterocycles. The molecule has 5 heteroatoms.